The lowest BCUT2D eigenvalue weighted by molar-refractivity contribution is -0.192. The number of rotatable bonds is 11. The Labute approximate surface area is 226 Å². The molecule has 39 heavy (non-hydrogen) atoms. The van der Waals surface area contributed by atoms with E-state index in [1.165, 1.54) is 11.8 Å². The number of alkyl halides is 3. The zero-order chi connectivity index (χ0) is 28.0. The summed E-state index contributed by atoms with van der Waals surface area (Å²) >= 11 is 1.40. The Morgan fingerprint density at radius 1 is 1.00 bits per heavy atom. The highest BCUT2D eigenvalue weighted by Crippen LogP contribution is 2.36. The minimum Gasteiger partial charge on any atom is -0.492 e. The molecule has 0 aliphatic carbocycles. The Morgan fingerprint density at radius 2 is 1.72 bits per heavy atom. The molecular weight excluding hydrogens is 535 g/mol. The van der Waals surface area contributed by atoms with Crippen molar-refractivity contribution >= 4 is 35.1 Å². The summed E-state index contributed by atoms with van der Waals surface area (Å²) in [5.74, 6) is -1.05. The molecule has 11 heteroatoms. The average molecular weight is 560 g/mol. The predicted molar refractivity (Wildman–Crippen MR) is 138 cm³/mol. The summed E-state index contributed by atoms with van der Waals surface area (Å²) in [6.45, 7) is -1.29. The lowest BCUT2D eigenvalue weighted by atomic mass is 10.0. The quantitative estimate of drug-likeness (QED) is 0.330. The molecule has 3 aromatic rings. The molecule has 0 aromatic heterocycles. The molecule has 0 radical (unpaired) electrons. The zero-order valence-electron chi connectivity index (χ0n) is 20.5. The first-order valence-electron chi connectivity index (χ1n) is 11.9. The fourth-order valence-corrected chi connectivity index (χ4v) is 4.86. The maximum atomic E-state index is 12.9. The third-order valence-electron chi connectivity index (χ3n) is 5.85. The van der Waals surface area contributed by atoms with Crippen LogP contribution in [0.1, 0.15) is 21.5 Å². The molecule has 1 heterocycles. The van der Waals surface area contributed by atoms with Gasteiger partial charge < -0.3 is 19.5 Å². The number of benzene rings is 3. The van der Waals surface area contributed by atoms with Crippen LogP contribution in [0.5, 0.6) is 5.75 Å². The number of carbonyl (C=O) groups is 3. The van der Waals surface area contributed by atoms with Gasteiger partial charge in [0, 0.05) is 22.4 Å². The van der Waals surface area contributed by atoms with Crippen molar-refractivity contribution in [3.63, 3.8) is 0 Å². The monoisotopic (exact) mass is 559 g/mol. The molecule has 1 aliphatic rings. The third kappa shape index (κ3) is 7.61. The van der Waals surface area contributed by atoms with Gasteiger partial charge in [0.15, 0.2) is 11.9 Å². The van der Waals surface area contributed by atoms with Crippen LogP contribution in [0.25, 0.3) is 0 Å². The number of anilines is 1. The van der Waals surface area contributed by atoms with E-state index in [1.807, 2.05) is 12.1 Å². The van der Waals surface area contributed by atoms with Crippen molar-refractivity contribution < 1.29 is 42.1 Å². The van der Waals surface area contributed by atoms with Gasteiger partial charge in [-0.05, 0) is 35.9 Å². The van der Waals surface area contributed by atoms with E-state index in [2.05, 4.69) is 4.74 Å². The van der Waals surface area contributed by atoms with E-state index in [9.17, 15) is 27.6 Å². The molecule has 1 unspecified atom stereocenters. The summed E-state index contributed by atoms with van der Waals surface area (Å²) in [6.07, 6.45) is -6.51. The first kappa shape index (κ1) is 28.2. The summed E-state index contributed by atoms with van der Waals surface area (Å²) in [7, 11) is 0. The Kier molecular flexibility index (Phi) is 8.93. The number of thioether (sulfide) groups is 1. The second-order valence-electron chi connectivity index (χ2n) is 8.66. The second-order valence-corrected chi connectivity index (χ2v) is 9.68. The summed E-state index contributed by atoms with van der Waals surface area (Å²) < 4.78 is 47.4. The number of carboxylic acids is 1. The van der Waals surface area contributed by atoms with Gasteiger partial charge in [0.2, 0.25) is 5.91 Å². The highest BCUT2D eigenvalue weighted by molar-refractivity contribution is 8.00. The Bertz CT molecular complexity index is 1330. The van der Waals surface area contributed by atoms with Crippen LogP contribution in [0.2, 0.25) is 0 Å². The highest BCUT2D eigenvalue weighted by atomic mass is 32.2. The highest BCUT2D eigenvalue weighted by Gasteiger charge is 2.31. The van der Waals surface area contributed by atoms with Crippen LogP contribution in [-0.2, 0) is 20.7 Å². The molecule has 0 bridgehead atoms. The fourth-order valence-electron chi connectivity index (χ4n) is 3.95. The number of carboxylic acid groups (broad SMARTS) is 1. The van der Waals surface area contributed by atoms with Gasteiger partial charge in [-0.2, -0.15) is 13.2 Å². The number of fused-ring (bicyclic) bond motifs is 1. The molecule has 1 amide bonds. The van der Waals surface area contributed by atoms with Crippen molar-refractivity contribution in [3.05, 3.63) is 89.5 Å². The maximum absolute atomic E-state index is 12.9. The molecule has 1 atom stereocenters. The van der Waals surface area contributed by atoms with Gasteiger partial charge in [-0.1, -0.05) is 42.5 Å². The van der Waals surface area contributed by atoms with E-state index in [0.717, 1.165) is 4.90 Å². The first-order chi connectivity index (χ1) is 18.6. The van der Waals surface area contributed by atoms with Gasteiger partial charge in [0.25, 0.3) is 0 Å². The minimum atomic E-state index is -4.63. The fraction of sp³-hybridized carbons (Fsp3) is 0.250. The van der Waals surface area contributed by atoms with Crippen molar-refractivity contribution in [3.8, 4) is 5.75 Å². The maximum Gasteiger partial charge on any atom is 0.411 e. The Balaban J connectivity index is 1.37. The Morgan fingerprint density at radius 3 is 2.38 bits per heavy atom. The third-order valence-corrected chi connectivity index (χ3v) is 6.90. The zero-order valence-corrected chi connectivity index (χ0v) is 21.3. The molecule has 0 saturated heterocycles. The number of nitrogens with zero attached hydrogens (tertiary/aromatic N) is 1. The van der Waals surface area contributed by atoms with Crippen LogP contribution in [0.4, 0.5) is 18.9 Å². The van der Waals surface area contributed by atoms with Gasteiger partial charge in [0.1, 0.15) is 19.0 Å². The summed E-state index contributed by atoms with van der Waals surface area (Å²) in [4.78, 5) is 39.3. The molecule has 0 spiro atoms. The van der Waals surface area contributed by atoms with Gasteiger partial charge in [-0.15, -0.1) is 11.8 Å². The smallest absolute Gasteiger partial charge is 0.411 e. The van der Waals surface area contributed by atoms with Crippen LogP contribution in [0, 0.1) is 0 Å². The average Bonchev–Trinajstić information content (AvgIpc) is 2.92. The summed E-state index contributed by atoms with van der Waals surface area (Å²) in [6, 6.07) is 20.4. The Hall–Kier alpha value is -3.83. The van der Waals surface area contributed by atoms with Crippen LogP contribution < -0.4 is 9.64 Å². The number of ketones is 1. The molecule has 3 aromatic carbocycles. The van der Waals surface area contributed by atoms with E-state index in [1.54, 1.807) is 65.6 Å². The molecule has 0 fully saturated rings. The van der Waals surface area contributed by atoms with Crippen LogP contribution in [0.3, 0.4) is 0 Å². The molecule has 7 nitrogen and oxygen atoms in total. The number of amides is 1. The van der Waals surface area contributed by atoms with Gasteiger partial charge in [-0.25, -0.2) is 4.79 Å². The number of hydrogen-bond acceptors (Lipinski definition) is 6. The standard InChI is InChI=1S/C28H24F3NO6S/c29-28(30,31)17-38-23(27(35)36)14-18-6-9-21(10-7-18)37-13-12-32-22-15-20(8-11-24(22)39-16-25(32)33)26(34)19-4-2-1-3-5-19/h1-11,15,23H,12-14,16-17H2,(H,35,36). The lowest BCUT2D eigenvalue weighted by Gasteiger charge is -2.29. The molecule has 1 aliphatic heterocycles. The topological polar surface area (TPSA) is 93.1 Å². The molecule has 1 N–H and O–H groups in total. The molecule has 4 rings (SSSR count). The van der Waals surface area contributed by atoms with Gasteiger partial charge in [-0.3, -0.25) is 9.59 Å². The van der Waals surface area contributed by atoms with E-state index in [0.29, 0.717) is 28.1 Å². The summed E-state index contributed by atoms with van der Waals surface area (Å²) in [5, 5.41) is 9.15. The van der Waals surface area contributed by atoms with Crippen molar-refractivity contribution in [1.82, 2.24) is 0 Å². The number of ether oxygens (including phenoxy) is 2. The summed E-state index contributed by atoms with van der Waals surface area (Å²) in [5.41, 5.74) is 2.11. The number of halogens is 3. The number of carbonyl (C=O) groups excluding carboxylic acids is 2. The van der Waals surface area contributed by atoms with Gasteiger partial charge >= 0.3 is 12.1 Å². The van der Waals surface area contributed by atoms with E-state index in [4.69, 9.17) is 9.84 Å². The van der Waals surface area contributed by atoms with Crippen LogP contribution in [0.15, 0.2) is 77.7 Å². The molecule has 0 saturated carbocycles. The molecular formula is C28H24F3NO6S. The normalized spacial score (nSPS) is 14.0. The SMILES string of the molecule is O=C(c1ccccc1)c1ccc2c(c1)N(CCOc1ccc(CC(OCC(F)(F)F)C(=O)O)cc1)C(=O)CS2. The number of aliphatic carboxylic acids is 1. The minimum absolute atomic E-state index is 0.116. The van der Waals surface area contributed by atoms with E-state index < -0.39 is 24.9 Å². The van der Waals surface area contributed by atoms with Crippen molar-refractivity contribution in [2.45, 2.75) is 23.6 Å². The van der Waals surface area contributed by atoms with Crippen molar-refractivity contribution in [2.75, 3.05) is 30.4 Å². The van der Waals surface area contributed by atoms with E-state index in [-0.39, 0.29) is 37.0 Å². The number of hydrogen-bond donors (Lipinski definition) is 1. The van der Waals surface area contributed by atoms with Crippen LogP contribution >= 0.6 is 11.8 Å². The van der Waals surface area contributed by atoms with Crippen molar-refractivity contribution in [2.24, 2.45) is 0 Å². The first-order valence-corrected chi connectivity index (χ1v) is 12.9. The molecule has 204 valence electrons. The van der Waals surface area contributed by atoms with Crippen LogP contribution in [-0.4, -0.2) is 60.6 Å². The van der Waals surface area contributed by atoms with Gasteiger partial charge in [0.05, 0.1) is 18.0 Å². The lowest BCUT2D eigenvalue weighted by Crippen LogP contribution is -2.38. The second kappa shape index (κ2) is 12.4. The largest absolute Gasteiger partial charge is 0.492 e. The predicted octanol–water partition coefficient (Wildman–Crippen LogP) is 5.01. The van der Waals surface area contributed by atoms with Crippen molar-refractivity contribution in [1.29, 1.82) is 0 Å². The van der Waals surface area contributed by atoms with E-state index >= 15 is 0 Å².